The van der Waals surface area contributed by atoms with Crippen LogP contribution in [0, 0.1) is 11.2 Å². The standard InChI is InChI=1S/C18H21FN2O2/c1-11(22)12-9-10-20-16(15(12)19)13-7-5-6-8-14(13)21-17(23)18(2,3)4/h5-11,22H,1-4H3,(H,21,23). The average molecular weight is 316 g/mol. The Kier molecular flexibility index (Phi) is 4.80. The highest BCUT2D eigenvalue weighted by Crippen LogP contribution is 2.32. The molecule has 4 nitrogen and oxygen atoms in total. The Morgan fingerprint density at radius 1 is 1.26 bits per heavy atom. The van der Waals surface area contributed by atoms with Crippen LogP contribution in [0.5, 0.6) is 0 Å². The first-order valence-corrected chi connectivity index (χ1v) is 7.45. The number of aliphatic hydroxyl groups is 1. The van der Waals surface area contributed by atoms with Crippen LogP contribution in [0.3, 0.4) is 0 Å². The molecule has 2 N–H and O–H groups in total. The Morgan fingerprint density at radius 3 is 2.52 bits per heavy atom. The monoisotopic (exact) mass is 316 g/mol. The van der Waals surface area contributed by atoms with Gasteiger partial charge in [-0.3, -0.25) is 9.78 Å². The van der Waals surface area contributed by atoms with Gasteiger partial charge in [0.1, 0.15) is 5.69 Å². The lowest BCUT2D eigenvalue weighted by Crippen LogP contribution is -2.27. The lowest BCUT2D eigenvalue weighted by molar-refractivity contribution is -0.123. The smallest absolute Gasteiger partial charge is 0.229 e. The lowest BCUT2D eigenvalue weighted by atomic mass is 9.95. The van der Waals surface area contributed by atoms with Crippen LogP contribution in [-0.4, -0.2) is 16.0 Å². The van der Waals surface area contributed by atoms with Gasteiger partial charge >= 0.3 is 0 Å². The van der Waals surface area contributed by atoms with Crippen LogP contribution in [-0.2, 0) is 4.79 Å². The molecule has 2 rings (SSSR count). The molecule has 5 heteroatoms. The van der Waals surface area contributed by atoms with Crippen molar-refractivity contribution in [2.45, 2.75) is 33.8 Å². The van der Waals surface area contributed by atoms with Crippen molar-refractivity contribution in [3.63, 3.8) is 0 Å². The van der Waals surface area contributed by atoms with Gasteiger partial charge in [0.25, 0.3) is 0 Å². The van der Waals surface area contributed by atoms with E-state index >= 15 is 0 Å². The van der Waals surface area contributed by atoms with Crippen molar-refractivity contribution in [2.75, 3.05) is 5.32 Å². The number of aliphatic hydroxyl groups excluding tert-OH is 1. The summed E-state index contributed by atoms with van der Waals surface area (Å²) >= 11 is 0. The number of para-hydroxylation sites is 1. The van der Waals surface area contributed by atoms with Gasteiger partial charge in [0.05, 0.1) is 11.8 Å². The quantitative estimate of drug-likeness (QED) is 0.902. The largest absolute Gasteiger partial charge is 0.389 e. The fraction of sp³-hybridized carbons (Fsp3) is 0.333. The molecule has 0 spiro atoms. The maximum Gasteiger partial charge on any atom is 0.229 e. The van der Waals surface area contributed by atoms with Crippen molar-refractivity contribution >= 4 is 11.6 Å². The summed E-state index contributed by atoms with van der Waals surface area (Å²) < 4.78 is 14.6. The summed E-state index contributed by atoms with van der Waals surface area (Å²) in [4.78, 5) is 16.3. The molecule has 122 valence electrons. The van der Waals surface area contributed by atoms with Crippen LogP contribution in [0.2, 0.25) is 0 Å². The Hall–Kier alpha value is -2.27. The van der Waals surface area contributed by atoms with E-state index in [0.29, 0.717) is 11.3 Å². The molecule has 0 aliphatic carbocycles. The van der Waals surface area contributed by atoms with E-state index in [-0.39, 0.29) is 17.2 Å². The van der Waals surface area contributed by atoms with Gasteiger partial charge in [-0.25, -0.2) is 4.39 Å². The zero-order valence-corrected chi connectivity index (χ0v) is 13.7. The fourth-order valence-corrected chi connectivity index (χ4v) is 2.08. The number of pyridine rings is 1. The molecule has 0 radical (unpaired) electrons. The van der Waals surface area contributed by atoms with Crippen molar-refractivity contribution in [3.05, 3.63) is 47.9 Å². The van der Waals surface area contributed by atoms with Crippen LogP contribution < -0.4 is 5.32 Å². The summed E-state index contributed by atoms with van der Waals surface area (Å²) in [6.07, 6.45) is 0.510. The fourth-order valence-electron chi connectivity index (χ4n) is 2.08. The SMILES string of the molecule is CC(O)c1ccnc(-c2ccccc2NC(=O)C(C)(C)C)c1F. The molecule has 1 aromatic heterocycles. The number of benzene rings is 1. The molecular formula is C18H21FN2O2. The zero-order valence-electron chi connectivity index (χ0n) is 13.7. The molecule has 0 saturated heterocycles. The Morgan fingerprint density at radius 2 is 1.91 bits per heavy atom. The van der Waals surface area contributed by atoms with Gasteiger partial charge < -0.3 is 10.4 Å². The number of amides is 1. The first-order chi connectivity index (χ1) is 10.7. The predicted octanol–water partition coefficient (Wildman–Crippen LogP) is 3.93. The minimum Gasteiger partial charge on any atom is -0.389 e. The molecule has 0 bridgehead atoms. The maximum atomic E-state index is 14.6. The molecule has 0 fully saturated rings. The van der Waals surface area contributed by atoms with Crippen LogP contribution in [0.25, 0.3) is 11.3 Å². The second kappa shape index (κ2) is 6.46. The molecule has 2 aromatic rings. The molecule has 0 aliphatic heterocycles. The normalized spacial score (nSPS) is 12.8. The number of carbonyl (C=O) groups excluding carboxylic acids is 1. The summed E-state index contributed by atoms with van der Waals surface area (Å²) in [5, 5.41) is 12.5. The third-order valence-corrected chi connectivity index (χ3v) is 3.48. The van der Waals surface area contributed by atoms with Gasteiger partial charge in [-0.15, -0.1) is 0 Å². The molecule has 1 heterocycles. The molecule has 1 unspecified atom stereocenters. The zero-order chi connectivity index (χ0) is 17.2. The van der Waals surface area contributed by atoms with Crippen molar-refractivity contribution < 1.29 is 14.3 Å². The number of hydrogen-bond acceptors (Lipinski definition) is 3. The van der Waals surface area contributed by atoms with E-state index in [1.165, 1.54) is 19.2 Å². The second-order valence-corrected chi connectivity index (χ2v) is 6.49. The minimum absolute atomic E-state index is 0.105. The van der Waals surface area contributed by atoms with E-state index in [9.17, 15) is 14.3 Å². The molecular weight excluding hydrogens is 295 g/mol. The van der Waals surface area contributed by atoms with E-state index in [1.54, 1.807) is 45.0 Å². The van der Waals surface area contributed by atoms with Crippen molar-refractivity contribution in [2.24, 2.45) is 5.41 Å². The first-order valence-electron chi connectivity index (χ1n) is 7.45. The van der Waals surface area contributed by atoms with E-state index < -0.39 is 17.3 Å². The van der Waals surface area contributed by atoms with Crippen LogP contribution in [0.15, 0.2) is 36.5 Å². The number of carbonyl (C=O) groups is 1. The molecule has 23 heavy (non-hydrogen) atoms. The number of halogens is 1. The number of hydrogen-bond donors (Lipinski definition) is 2. The van der Waals surface area contributed by atoms with Crippen molar-refractivity contribution in [1.82, 2.24) is 4.98 Å². The third-order valence-electron chi connectivity index (χ3n) is 3.48. The molecule has 1 aromatic carbocycles. The summed E-state index contributed by atoms with van der Waals surface area (Å²) in [5.41, 5.74) is 0.674. The summed E-state index contributed by atoms with van der Waals surface area (Å²) in [6, 6.07) is 8.35. The van der Waals surface area contributed by atoms with E-state index in [0.717, 1.165) is 0 Å². The topological polar surface area (TPSA) is 62.2 Å². The maximum absolute atomic E-state index is 14.6. The van der Waals surface area contributed by atoms with Gasteiger partial charge in [-0.1, -0.05) is 39.0 Å². The van der Waals surface area contributed by atoms with Gasteiger partial charge in [0, 0.05) is 22.7 Å². The predicted molar refractivity (Wildman–Crippen MR) is 88.3 cm³/mol. The van der Waals surface area contributed by atoms with Crippen molar-refractivity contribution in [3.8, 4) is 11.3 Å². The highest BCUT2D eigenvalue weighted by Gasteiger charge is 2.23. The summed E-state index contributed by atoms with van der Waals surface area (Å²) in [6.45, 7) is 6.91. The first kappa shape index (κ1) is 17.1. The number of aromatic nitrogens is 1. The van der Waals surface area contributed by atoms with Gasteiger partial charge in [0.2, 0.25) is 5.91 Å². The van der Waals surface area contributed by atoms with Crippen LogP contribution in [0.1, 0.15) is 39.4 Å². The highest BCUT2D eigenvalue weighted by molar-refractivity contribution is 5.98. The van der Waals surface area contributed by atoms with Gasteiger partial charge in [-0.05, 0) is 19.1 Å². The van der Waals surface area contributed by atoms with Gasteiger partial charge in [0.15, 0.2) is 5.82 Å². The summed E-state index contributed by atoms with van der Waals surface area (Å²) in [7, 11) is 0. The van der Waals surface area contributed by atoms with Crippen molar-refractivity contribution in [1.29, 1.82) is 0 Å². The molecule has 1 atom stereocenters. The third kappa shape index (κ3) is 3.74. The number of nitrogens with zero attached hydrogens (tertiary/aromatic N) is 1. The Bertz CT molecular complexity index is 721. The number of nitrogens with one attached hydrogen (secondary N) is 1. The second-order valence-electron chi connectivity index (χ2n) is 6.49. The lowest BCUT2D eigenvalue weighted by Gasteiger charge is -2.19. The van der Waals surface area contributed by atoms with E-state index in [1.807, 2.05) is 0 Å². The van der Waals surface area contributed by atoms with E-state index in [2.05, 4.69) is 10.3 Å². The molecule has 0 saturated carbocycles. The van der Waals surface area contributed by atoms with Gasteiger partial charge in [-0.2, -0.15) is 0 Å². The highest BCUT2D eigenvalue weighted by atomic mass is 19.1. The summed E-state index contributed by atoms with van der Waals surface area (Å²) in [5.74, 6) is -0.753. The average Bonchev–Trinajstić information content (AvgIpc) is 2.47. The van der Waals surface area contributed by atoms with Crippen LogP contribution in [0.4, 0.5) is 10.1 Å². The number of anilines is 1. The number of rotatable bonds is 3. The molecule has 0 aliphatic rings. The minimum atomic E-state index is -0.937. The van der Waals surface area contributed by atoms with Crippen LogP contribution >= 0.6 is 0 Å². The Balaban J connectivity index is 2.50. The Labute approximate surface area is 135 Å². The van der Waals surface area contributed by atoms with E-state index in [4.69, 9.17) is 0 Å². The molecule has 1 amide bonds.